The molecule has 0 spiro atoms. The Bertz CT molecular complexity index is 552. The number of rotatable bonds is 5. The standard InChI is InChI=1S/C18H27N3O2/c1-13(22)21-15-8-6-14(7-9-15)10-12-20-17(23)16-5-3-4-11-18(16,2)19/h6-9,16H,3-5,10-12,19H2,1-2H3,(H,20,23)(H,21,22). The first kappa shape index (κ1) is 17.5. The van der Waals surface area contributed by atoms with Gasteiger partial charge in [-0.25, -0.2) is 0 Å². The fraction of sp³-hybridized carbons (Fsp3) is 0.556. The Morgan fingerprint density at radius 1 is 1.26 bits per heavy atom. The number of nitrogens with one attached hydrogen (secondary N) is 2. The van der Waals surface area contributed by atoms with Gasteiger partial charge in [0.15, 0.2) is 0 Å². The van der Waals surface area contributed by atoms with Gasteiger partial charge in [-0.2, -0.15) is 0 Å². The van der Waals surface area contributed by atoms with E-state index in [0.717, 1.165) is 43.4 Å². The molecule has 5 heteroatoms. The highest BCUT2D eigenvalue weighted by molar-refractivity contribution is 5.88. The van der Waals surface area contributed by atoms with Crippen LogP contribution in [0.25, 0.3) is 0 Å². The maximum Gasteiger partial charge on any atom is 0.224 e. The number of hydrogen-bond acceptors (Lipinski definition) is 3. The number of nitrogens with two attached hydrogens (primary N) is 1. The van der Waals surface area contributed by atoms with Crippen LogP contribution in [0.15, 0.2) is 24.3 Å². The van der Waals surface area contributed by atoms with Crippen molar-refractivity contribution in [2.75, 3.05) is 11.9 Å². The van der Waals surface area contributed by atoms with Crippen LogP contribution in [0.4, 0.5) is 5.69 Å². The summed E-state index contributed by atoms with van der Waals surface area (Å²) in [6, 6.07) is 7.67. The summed E-state index contributed by atoms with van der Waals surface area (Å²) in [5, 5.41) is 5.75. The highest BCUT2D eigenvalue weighted by Crippen LogP contribution is 2.31. The Kier molecular flexibility index (Phi) is 5.77. The average molecular weight is 317 g/mol. The molecule has 0 aliphatic heterocycles. The molecular weight excluding hydrogens is 290 g/mol. The molecule has 2 atom stereocenters. The minimum Gasteiger partial charge on any atom is -0.355 e. The van der Waals surface area contributed by atoms with Gasteiger partial charge in [0.2, 0.25) is 11.8 Å². The van der Waals surface area contributed by atoms with Crippen molar-refractivity contribution in [3.63, 3.8) is 0 Å². The van der Waals surface area contributed by atoms with Crippen LogP contribution in [0.2, 0.25) is 0 Å². The van der Waals surface area contributed by atoms with Crippen molar-refractivity contribution in [2.24, 2.45) is 11.7 Å². The van der Waals surface area contributed by atoms with Gasteiger partial charge in [0.1, 0.15) is 0 Å². The third-order valence-electron chi connectivity index (χ3n) is 4.56. The smallest absolute Gasteiger partial charge is 0.224 e. The molecule has 0 aromatic heterocycles. The van der Waals surface area contributed by atoms with E-state index >= 15 is 0 Å². The van der Waals surface area contributed by atoms with Crippen molar-refractivity contribution in [1.29, 1.82) is 0 Å². The Labute approximate surface area is 138 Å². The van der Waals surface area contributed by atoms with Crippen LogP contribution in [0.1, 0.15) is 45.1 Å². The van der Waals surface area contributed by atoms with E-state index in [9.17, 15) is 9.59 Å². The maximum atomic E-state index is 12.3. The normalized spacial score (nSPS) is 24.0. The van der Waals surface area contributed by atoms with E-state index < -0.39 is 0 Å². The fourth-order valence-corrected chi connectivity index (χ4v) is 3.20. The molecule has 1 aromatic carbocycles. The first-order valence-electron chi connectivity index (χ1n) is 8.31. The monoisotopic (exact) mass is 317 g/mol. The molecule has 0 saturated heterocycles. The zero-order valence-corrected chi connectivity index (χ0v) is 14.0. The molecule has 1 fully saturated rings. The minimum absolute atomic E-state index is 0.0737. The molecule has 4 N–H and O–H groups in total. The molecular formula is C18H27N3O2. The summed E-state index contributed by atoms with van der Waals surface area (Å²) in [5.41, 5.74) is 7.79. The summed E-state index contributed by atoms with van der Waals surface area (Å²) < 4.78 is 0. The van der Waals surface area contributed by atoms with Crippen molar-refractivity contribution in [1.82, 2.24) is 5.32 Å². The topological polar surface area (TPSA) is 84.2 Å². The first-order valence-corrected chi connectivity index (χ1v) is 8.31. The van der Waals surface area contributed by atoms with Crippen molar-refractivity contribution in [2.45, 2.75) is 51.5 Å². The van der Waals surface area contributed by atoms with E-state index in [1.807, 2.05) is 31.2 Å². The summed E-state index contributed by atoms with van der Waals surface area (Å²) in [4.78, 5) is 23.3. The lowest BCUT2D eigenvalue weighted by molar-refractivity contribution is -0.128. The first-order chi connectivity index (χ1) is 10.9. The molecule has 126 valence electrons. The van der Waals surface area contributed by atoms with Crippen molar-refractivity contribution in [3.8, 4) is 0 Å². The summed E-state index contributed by atoms with van der Waals surface area (Å²) in [6.45, 7) is 4.07. The second-order valence-electron chi connectivity index (χ2n) is 6.72. The molecule has 23 heavy (non-hydrogen) atoms. The molecule has 1 aliphatic carbocycles. The van der Waals surface area contributed by atoms with Crippen LogP contribution in [0.5, 0.6) is 0 Å². The maximum absolute atomic E-state index is 12.3. The number of anilines is 1. The van der Waals surface area contributed by atoms with Crippen LogP contribution in [-0.2, 0) is 16.0 Å². The SMILES string of the molecule is CC(=O)Nc1ccc(CCNC(=O)C2CCCCC2(C)N)cc1. The van der Waals surface area contributed by atoms with Gasteiger partial charge in [-0.05, 0) is 43.9 Å². The summed E-state index contributed by atoms with van der Waals surface area (Å²) in [5.74, 6) is -0.0923. The fourth-order valence-electron chi connectivity index (χ4n) is 3.20. The van der Waals surface area contributed by atoms with Gasteiger partial charge in [0, 0.05) is 24.7 Å². The minimum atomic E-state index is -0.387. The van der Waals surface area contributed by atoms with Gasteiger partial charge in [0.05, 0.1) is 5.92 Å². The van der Waals surface area contributed by atoms with E-state index in [2.05, 4.69) is 10.6 Å². The number of benzene rings is 1. The number of carbonyl (C=O) groups excluding carboxylic acids is 2. The average Bonchev–Trinajstić information content (AvgIpc) is 2.48. The molecule has 0 radical (unpaired) electrons. The molecule has 2 unspecified atom stereocenters. The predicted molar refractivity (Wildman–Crippen MR) is 92.0 cm³/mol. The number of amides is 2. The van der Waals surface area contributed by atoms with Crippen LogP contribution >= 0.6 is 0 Å². The third kappa shape index (κ3) is 5.06. The predicted octanol–water partition coefficient (Wildman–Crippen LogP) is 2.21. The van der Waals surface area contributed by atoms with Crippen LogP contribution in [0.3, 0.4) is 0 Å². The zero-order valence-electron chi connectivity index (χ0n) is 14.0. The van der Waals surface area contributed by atoms with E-state index in [-0.39, 0.29) is 23.3 Å². The summed E-state index contributed by atoms with van der Waals surface area (Å²) >= 11 is 0. The van der Waals surface area contributed by atoms with E-state index in [4.69, 9.17) is 5.73 Å². The molecule has 1 aliphatic rings. The summed E-state index contributed by atoms with van der Waals surface area (Å²) in [7, 11) is 0. The molecule has 1 saturated carbocycles. The number of carbonyl (C=O) groups is 2. The lowest BCUT2D eigenvalue weighted by atomic mass is 9.74. The van der Waals surface area contributed by atoms with E-state index in [0.29, 0.717) is 6.54 Å². The van der Waals surface area contributed by atoms with Gasteiger partial charge < -0.3 is 16.4 Å². The Hall–Kier alpha value is -1.88. The summed E-state index contributed by atoms with van der Waals surface area (Å²) in [6.07, 6.45) is 4.74. The Balaban J connectivity index is 1.80. The quantitative estimate of drug-likeness (QED) is 0.778. The van der Waals surface area contributed by atoms with Gasteiger partial charge in [0.25, 0.3) is 0 Å². The van der Waals surface area contributed by atoms with Gasteiger partial charge in [-0.3, -0.25) is 9.59 Å². The van der Waals surface area contributed by atoms with Crippen molar-refractivity contribution in [3.05, 3.63) is 29.8 Å². The van der Waals surface area contributed by atoms with Gasteiger partial charge >= 0.3 is 0 Å². The van der Waals surface area contributed by atoms with Crippen molar-refractivity contribution >= 4 is 17.5 Å². The number of hydrogen-bond donors (Lipinski definition) is 3. The van der Waals surface area contributed by atoms with Crippen LogP contribution in [0, 0.1) is 5.92 Å². The molecule has 5 nitrogen and oxygen atoms in total. The van der Waals surface area contributed by atoms with E-state index in [1.165, 1.54) is 6.92 Å². The highest BCUT2D eigenvalue weighted by Gasteiger charge is 2.37. The molecule has 0 bridgehead atoms. The second-order valence-corrected chi connectivity index (χ2v) is 6.72. The van der Waals surface area contributed by atoms with Gasteiger partial charge in [-0.15, -0.1) is 0 Å². The third-order valence-corrected chi connectivity index (χ3v) is 4.56. The van der Waals surface area contributed by atoms with E-state index in [1.54, 1.807) is 0 Å². The second kappa shape index (κ2) is 7.59. The van der Waals surface area contributed by atoms with Crippen molar-refractivity contribution < 1.29 is 9.59 Å². The molecule has 0 heterocycles. The largest absolute Gasteiger partial charge is 0.355 e. The van der Waals surface area contributed by atoms with Crippen LogP contribution in [-0.4, -0.2) is 23.9 Å². The molecule has 2 rings (SSSR count). The van der Waals surface area contributed by atoms with Gasteiger partial charge in [-0.1, -0.05) is 25.0 Å². The lowest BCUT2D eigenvalue weighted by Gasteiger charge is -2.37. The molecule has 2 amide bonds. The highest BCUT2D eigenvalue weighted by atomic mass is 16.2. The van der Waals surface area contributed by atoms with Crippen LogP contribution < -0.4 is 16.4 Å². The lowest BCUT2D eigenvalue weighted by Crippen LogP contribution is -2.53. The zero-order chi connectivity index (χ0) is 16.9. The Morgan fingerprint density at radius 2 is 1.96 bits per heavy atom. The Morgan fingerprint density at radius 3 is 2.57 bits per heavy atom. The molecule has 1 aromatic rings.